The Balaban J connectivity index is 1.28. The summed E-state index contributed by atoms with van der Waals surface area (Å²) in [6, 6.07) is 14.5. The van der Waals surface area contributed by atoms with Crippen molar-refractivity contribution in [2.45, 2.75) is 38.1 Å². The van der Waals surface area contributed by atoms with Gasteiger partial charge in [0.1, 0.15) is 17.2 Å². The van der Waals surface area contributed by atoms with Crippen LogP contribution in [-0.2, 0) is 0 Å². The molecule has 0 spiro atoms. The highest BCUT2D eigenvalue weighted by molar-refractivity contribution is 9.10. The minimum atomic E-state index is -0.656. The van der Waals surface area contributed by atoms with Gasteiger partial charge in [0, 0.05) is 43.8 Å². The van der Waals surface area contributed by atoms with Crippen LogP contribution in [0.4, 0.5) is 21.6 Å². The van der Waals surface area contributed by atoms with E-state index in [1.165, 1.54) is 69.1 Å². The number of aromatic nitrogens is 2. The van der Waals surface area contributed by atoms with Crippen LogP contribution in [0.5, 0.6) is 0 Å². The molecule has 3 heterocycles. The Bertz CT molecular complexity index is 1270. The minimum Gasteiger partial charge on any atom is -0.321 e. The van der Waals surface area contributed by atoms with Crippen LogP contribution < -0.4 is 20.4 Å². The molecular formula is C27H31BrFN6O2+. The fourth-order valence-electron chi connectivity index (χ4n) is 5.63. The van der Waals surface area contributed by atoms with Crippen molar-refractivity contribution in [3.8, 4) is 0 Å². The van der Waals surface area contributed by atoms with E-state index in [4.69, 9.17) is 0 Å². The number of nitrogens with zero attached hydrogens (tertiary/aromatic N) is 2. The van der Waals surface area contributed by atoms with Gasteiger partial charge in [0.05, 0.1) is 29.2 Å². The molecule has 194 valence electrons. The first-order valence-electron chi connectivity index (χ1n) is 12.8. The molecule has 2 saturated heterocycles. The van der Waals surface area contributed by atoms with E-state index in [2.05, 4.69) is 54.2 Å². The topological polar surface area (TPSA) is 98.9 Å². The fourth-order valence-corrected chi connectivity index (χ4v) is 6.09. The number of carbonyl (C=O) groups excluding carboxylic acids is 2. The Hall–Kier alpha value is -3.08. The number of quaternary nitrogens is 1. The van der Waals surface area contributed by atoms with E-state index in [0.717, 1.165) is 17.6 Å². The van der Waals surface area contributed by atoms with Gasteiger partial charge in [-0.3, -0.25) is 19.2 Å². The number of rotatable bonds is 6. The van der Waals surface area contributed by atoms with Crippen LogP contribution in [0.1, 0.15) is 53.0 Å². The van der Waals surface area contributed by atoms with Crippen LogP contribution in [0.2, 0.25) is 0 Å². The number of piperidine rings is 2. The second kappa shape index (κ2) is 11.1. The molecule has 2 aliphatic rings. The van der Waals surface area contributed by atoms with Gasteiger partial charge < -0.3 is 16.0 Å². The van der Waals surface area contributed by atoms with Gasteiger partial charge >= 0.3 is 0 Å². The Morgan fingerprint density at radius 1 is 0.946 bits per heavy atom. The lowest BCUT2D eigenvalue weighted by Gasteiger charge is -2.48. The van der Waals surface area contributed by atoms with Crippen LogP contribution in [0.25, 0.3) is 0 Å². The summed E-state index contributed by atoms with van der Waals surface area (Å²) >= 11 is 3.33. The van der Waals surface area contributed by atoms with E-state index in [1.54, 1.807) is 6.07 Å². The summed E-state index contributed by atoms with van der Waals surface area (Å²) in [6.07, 6.45) is 6.14. The summed E-state index contributed by atoms with van der Waals surface area (Å²) < 4.78 is 15.2. The number of likely N-dealkylation sites (tertiary alicyclic amines) is 1. The number of carbonyl (C=O) groups is 2. The van der Waals surface area contributed by atoms with Gasteiger partial charge in [0.15, 0.2) is 5.82 Å². The normalized spacial score (nSPS) is 17.8. The highest BCUT2D eigenvalue weighted by atomic mass is 79.9. The van der Waals surface area contributed by atoms with Crippen molar-refractivity contribution >= 4 is 44.9 Å². The van der Waals surface area contributed by atoms with Crippen LogP contribution in [0.15, 0.2) is 53.0 Å². The molecule has 1 aromatic heterocycles. The SMILES string of the molecule is O=C(Nc1n[nH]c(C(=O)Nc2ccc([N+]3(C4CCNCC4)CCCCC3)cc2)c1Br)c1ccccc1F. The number of halogens is 2. The molecule has 0 radical (unpaired) electrons. The number of H-pyrrole nitrogens is 1. The van der Waals surface area contributed by atoms with Crippen molar-refractivity contribution in [2.24, 2.45) is 0 Å². The molecule has 0 saturated carbocycles. The van der Waals surface area contributed by atoms with E-state index >= 15 is 0 Å². The average Bonchev–Trinajstić information content (AvgIpc) is 3.30. The second-order valence-corrected chi connectivity index (χ2v) is 10.5. The number of hydrogen-bond acceptors (Lipinski definition) is 4. The number of benzene rings is 2. The van der Waals surface area contributed by atoms with Gasteiger partial charge in [0.25, 0.3) is 11.8 Å². The molecule has 0 aliphatic carbocycles. The Morgan fingerprint density at radius 2 is 1.65 bits per heavy atom. The first-order chi connectivity index (χ1) is 18.0. The number of aromatic amines is 1. The lowest BCUT2D eigenvalue weighted by atomic mass is 9.95. The molecule has 2 fully saturated rings. The zero-order valence-electron chi connectivity index (χ0n) is 20.5. The van der Waals surface area contributed by atoms with Crippen molar-refractivity contribution in [2.75, 3.05) is 36.8 Å². The van der Waals surface area contributed by atoms with E-state index in [1.807, 2.05) is 12.1 Å². The van der Waals surface area contributed by atoms with Gasteiger partial charge in [-0.15, -0.1) is 0 Å². The summed E-state index contributed by atoms with van der Waals surface area (Å²) in [5.41, 5.74) is 2.03. The Morgan fingerprint density at radius 3 is 2.35 bits per heavy atom. The molecule has 2 amide bonds. The van der Waals surface area contributed by atoms with Crippen LogP contribution >= 0.6 is 15.9 Å². The van der Waals surface area contributed by atoms with Gasteiger partial charge in [0.2, 0.25) is 0 Å². The molecule has 8 nitrogen and oxygen atoms in total. The van der Waals surface area contributed by atoms with Crippen molar-refractivity contribution in [1.82, 2.24) is 20.0 Å². The molecule has 3 aromatic rings. The highest BCUT2D eigenvalue weighted by Crippen LogP contribution is 2.35. The largest absolute Gasteiger partial charge is 0.321 e. The van der Waals surface area contributed by atoms with Crippen molar-refractivity contribution in [1.29, 1.82) is 0 Å². The standard InChI is InChI=1S/C27H30BrFN6O2/c28-23-24(33-34-25(23)32-26(36)21-6-2-3-7-22(21)29)27(37)31-18-8-10-19(11-9-18)35(16-4-1-5-17-35)20-12-14-30-15-13-20/h2-3,6-11,20,30H,1,4-5,12-17H2,(H2-,31,32,33,34,36,37)/p+1. The van der Waals surface area contributed by atoms with Crippen LogP contribution in [0.3, 0.4) is 0 Å². The lowest BCUT2D eigenvalue weighted by molar-refractivity contribution is 0.101. The number of nitrogens with one attached hydrogen (secondary N) is 4. The van der Waals surface area contributed by atoms with Gasteiger partial charge in [-0.05, 0) is 59.5 Å². The number of anilines is 2. The second-order valence-electron chi connectivity index (χ2n) is 9.72. The molecule has 0 bridgehead atoms. The van der Waals surface area contributed by atoms with Gasteiger partial charge in [-0.2, -0.15) is 5.10 Å². The predicted molar refractivity (Wildman–Crippen MR) is 146 cm³/mol. The van der Waals surface area contributed by atoms with Gasteiger partial charge in [-0.1, -0.05) is 12.1 Å². The zero-order valence-corrected chi connectivity index (χ0v) is 22.1. The fraction of sp³-hybridized carbons (Fsp3) is 0.370. The molecule has 5 rings (SSSR count). The molecule has 2 aliphatic heterocycles. The van der Waals surface area contributed by atoms with Crippen LogP contribution in [-0.4, -0.2) is 54.2 Å². The summed E-state index contributed by atoms with van der Waals surface area (Å²) in [4.78, 5) is 25.4. The quantitative estimate of drug-likeness (QED) is 0.312. The summed E-state index contributed by atoms with van der Waals surface area (Å²) in [6.45, 7) is 4.47. The lowest BCUT2D eigenvalue weighted by Crippen LogP contribution is -2.62. The predicted octanol–water partition coefficient (Wildman–Crippen LogP) is 5.06. The summed E-state index contributed by atoms with van der Waals surface area (Å²) in [5.74, 6) is -1.59. The smallest absolute Gasteiger partial charge is 0.274 e. The summed E-state index contributed by atoms with van der Waals surface area (Å²) in [7, 11) is 0. The maximum Gasteiger partial charge on any atom is 0.274 e. The Kier molecular flexibility index (Phi) is 7.68. The molecule has 37 heavy (non-hydrogen) atoms. The monoisotopic (exact) mass is 569 g/mol. The maximum atomic E-state index is 13.9. The molecular weight excluding hydrogens is 539 g/mol. The van der Waals surface area contributed by atoms with Crippen molar-refractivity contribution < 1.29 is 14.0 Å². The Labute approximate surface area is 223 Å². The first kappa shape index (κ1) is 25.6. The first-order valence-corrected chi connectivity index (χ1v) is 13.6. The molecule has 0 atom stereocenters. The summed E-state index contributed by atoms with van der Waals surface area (Å²) in [5, 5.41) is 15.6. The van der Waals surface area contributed by atoms with E-state index < -0.39 is 17.6 Å². The van der Waals surface area contributed by atoms with E-state index in [-0.39, 0.29) is 21.5 Å². The number of hydrogen-bond donors (Lipinski definition) is 4. The van der Waals surface area contributed by atoms with Gasteiger partial charge in [-0.25, -0.2) is 4.39 Å². The molecule has 4 N–H and O–H groups in total. The third-order valence-corrected chi connectivity index (χ3v) is 8.32. The molecule has 0 unspecified atom stereocenters. The van der Waals surface area contributed by atoms with Crippen LogP contribution in [0, 0.1) is 5.82 Å². The average molecular weight is 570 g/mol. The third-order valence-electron chi connectivity index (χ3n) is 7.55. The maximum absolute atomic E-state index is 13.9. The van der Waals surface area contributed by atoms with E-state index in [9.17, 15) is 14.0 Å². The van der Waals surface area contributed by atoms with E-state index in [0.29, 0.717) is 11.7 Å². The van der Waals surface area contributed by atoms with Crippen molar-refractivity contribution in [3.05, 3.63) is 70.1 Å². The molecule has 10 heteroatoms. The highest BCUT2D eigenvalue weighted by Gasteiger charge is 2.40. The van der Waals surface area contributed by atoms with Crippen molar-refractivity contribution in [3.63, 3.8) is 0 Å². The number of amides is 2. The zero-order chi connectivity index (χ0) is 25.8. The minimum absolute atomic E-state index is 0.104. The molecule has 2 aromatic carbocycles. The third kappa shape index (κ3) is 5.32.